The molecule has 0 atom stereocenters. The number of nitrogens with zero attached hydrogens (tertiary/aromatic N) is 1. The third kappa shape index (κ3) is 2.74. The molecule has 1 aromatic carbocycles. The molecule has 0 unspecified atom stereocenters. The van der Waals surface area contributed by atoms with Gasteiger partial charge in [-0.1, -0.05) is 0 Å². The zero-order valence-corrected chi connectivity index (χ0v) is 11.4. The van der Waals surface area contributed by atoms with Crippen molar-refractivity contribution in [1.29, 1.82) is 0 Å². The van der Waals surface area contributed by atoms with Gasteiger partial charge < -0.3 is 19.9 Å². The third-order valence-electron chi connectivity index (χ3n) is 3.86. The lowest BCUT2D eigenvalue weighted by Gasteiger charge is -2.27. The SMILES string of the molecule is COc1cc2cc[nH]c2cc1CCN1CCNCC1. The Labute approximate surface area is 113 Å². The normalized spacial score (nSPS) is 16.9. The average molecular weight is 259 g/mol. The minimum Gasteiger partial charge on any atom is -0.496 e. The number of piperazine rings is 1. The summed E-state index contributed by atoms with van der Waals surface area (Å²) >= 11 is 0. The van der Waals surface area contributed by atoms with E-state index in [2.05, 4.69) is 33.4 Å². The molecule has 0 amide bonds. The van der Waals surface area contributed by atoms with Crippen LogP contribution in [-0.4, -0.2) is 49.7 Å². The molecule has 4 nitrogen and oxygen atoms in total. The molecule has 0 bridgehead atoms. The predicted molar refractivity (Wildman–Crippen MR) is 77.9 cm³/mol. The number of fused-ring (bicyclic) bond motifs is 1. The van der Waals surface area contributed by atoms with Crippen LogP contribution in [0.4, 0.5) is 0 Å². The first kappa shape index (κ1) is 12.5. The topological polar surface area (TPSA) is 40.3 Å². The maximum absolute atomic E-state index is 5.52. The average Bonchev–Trinajstić information content (AvgIpc) is 2.92. The zero-order chi connectivity index (χ0) is 13.1. The molecule has 0 spiro atoms. The summed E-state index contributed by atoms with van der Waals surface area (Å²) in [5.74, 6) is 1.00. The molecule has 1 aliphatic rings. The number of rotatable bonds is 4. The van der Waals surface area contributed by atoms with Crippen LogP contribution in [0.1, 0.15) is 5.56 Å². The number of ether oxygens (including phenoxy) is 1. The third-order valence-corrected chi connectivity index (χ3v) is 3.86. The first-order valence-electron chi connectivity index (χ1n) is 6.94. The molecule has 4 heteroatoms. The van der Waals surface area contributed by atoms with Gasteiger partial charge >= 0.3 is 0 Å². The lowest BCUT2D eigenvalue weighted by Crippen LogP contribution is -2.44. The van der Waals surface area contributed by atoms with Gasteiger partial charge in [0.15, 0.2) is 0 Å². The van der Waals surface area contributed by atoms with Crippen molar-refractivity contribution in [2.24, 2.45) is 0 Å². The van der Waals surface area contributed by atoms with Crippen LogP contribution in [0.25, 0.3) is 10.9 Å². The molecule has 0 aliphatic carbocycles. The van der Waals surface area contributed by atoms with Crippen molar-refractivity contribution in [1.82, 2.24) is 15.2 Å². The Balaban J connectivity index is 1.74. The quantitative estimate of drug-likeness (QED) is 0.876. The van der Waals surface area contributed by atoms with Gasteiger partial charge in [-0.3, -0.25) is 0 Å². The van der Waals surface area contributed by atoms with Gasteiger partial charge in [0, 0.05) is 49.8 Å². The number of H-pyrrole nitrogens is 1. The fraction of sp³-hybridized carbons (Fsp3) is 0.467. The highest BCUT2D eigenvalue weighted by Gasteiger charge is 2.11. The molecule has 2 heterocycles. The van der Waals surface area contributed by atoms with E-state index < -0.39 is 0 Å². The Morgan fingerprint density at radius 1 is 1.26 bits per heavy atom. The summed E-state index contributed by atoms with van der Waals surface area (Å²) in [7, 11) is 1.75. The summed E-state index contributed by atoms with van der Waals surface area (Å²) in [6.45, 7) is 5.60. The molecule has 3 rings (SSSR count). The number of hydrogen-bond donors (Lipinski definition) is 2. The van der Waals surface area contributed by atoms with Gasteiger partial charge in [0.2, 0.25) is 0 Å². The van der Waals surface area contributed by atoms with Crippen molar-refractivity contribution >= 4 is 10.9 Å². The van der Waals surface area contributed by atoms with Gasteiger partial charge in [0.05, 0.1) is 7.11 Å². The first-order chi connectivity index (χ1) is 9.36. The van der Waals surface area contributed by atoms with E-state index in [9.17, 15) is 0 Å². The molecule has 1 aromatic heterocycles. The van der Waals surface area contributed by atoms with E-state index in [-0.39, 0.29) is 0 Å². The number of nitrogens with one attached hydrogen (secondary N) is 2. The predicted octanol–water partition coefficient (Wildman–Crippen LogP) is 1.62. The summed E-state index contributed by atoms with van der Waals surface area (Å²) in [6.07, 6.45) is 3.02. The maximum atomic E-state index is 5.52. The number of methoxy groups -OCH3 is 1. The van der Waals surface area contributed by atoms with E-state index in [0.717, 1.165) is 44.9 Å². The van der Waals surface area contributed by atoms with Crippen LogP contribution in [0, 0.1) is 0 Å². The van der Waals surface area contributed by atoms with Crippen LogP contribution < -0.4 is 10.1 Å². The van der Waals surface area contributed by atoms with Crippen LogP contribution >= 0.6 is 0 Å². The second kappa shape index (κ2) is 5.63. The molecule has 0 radical (unpaired) electrons. The lowest BCUT2D eigenvalue weighted by atomic mass is 10.1. The molecular weight excluding hydrogens is 238 g/mol. The van der Waals surface area contributed by atoms with Crippen molar-refractivity contribution in [3.63, 3.8) is 0 Å². The minimum absolute atomic E-state index is 1.00. The summed E-state index contributed by atoms with van der Waals surface area (Å²) < 4.78 is 5.52. The summed E-state index contributed by atoms with van der Waals surface area (Å²) in [5.41, 5.74) is 2.48. The lowest BCUT2D eigenvalue weighted by molar-refractivity contribution is 0.243. The summed E-state index contributed by atoms with van der Waals surface area (Å²) in [6, 6.07) is 6.42. The van der Waals surface area contributed by atoms with E-state index in [1.54, 1.807) is 7.11 Å². The van der Waals surface area contributed by atoms with Gasteiger partial charge in [-0.2, -0.15) is 0 Å². The fourth-order valence-electron chi connectivity index (χ4n) is 2.72. The molecule has 19 heavy (non-hydrogen) atoms. The molecule has 102 valence electrons. The van der Waals surface area contributed by atoms with E-state index >= 15 is 0 Å². The Morgan fingerprint density at radius 2 is 2.11 bits per heavy atom. The minimum atomic E-state index is 1.00. The fourth-order valence-corrected chi connectivity index (χ4v) is 2.72. The summed E-state index contributed by atoms with van der Waals surface area (Å²) in [4.78, 5) is 5.78. The van der Waals surface area contributed by atoms with Crippen LogP contribution in [0.3, 0.4) is 0 Å². The van der Waals surface area contributed by atoms with E-state index in [4.69, 9.17) is 4.74 Å². The number of aromatic nitrogens is 1. The molecule has 2 aromatic rings. The highest BCUT2D eigenvalue weighted by atomic mass is 16.5. The molecule has 1 fully saturated rings. The van der Waals surface area contributed by atoms with Crippen molar-refractivity contribution < 1.29 is 4.74 Å². The molecule has 1 aliphatic heterocycles. The smallest absolute Gasteiger partial charge is 0.122 e. The monoisotopic (exact) mass is 259 g/mol. The Bertz CT molecular complexity index is 543. The van der Waals surface area contributed by atoms with Crippen molar-refractivity contribution in [3.8, 4) is 5.75 Å². The van der Waals surface area contributed by atoms with Crippen LogP contribution in [0.15, 0.2) is 24.4 Å². The van der Waals surface area contributed by atoms with E-state index in [1.165, 1.54) is 16.5 Å². The van der Waals surface area contributed by atoms with E-state index in [0.29, 0.717) is 0 Å². The van der Waals surface area contributed by atoms with Crippen molar-refractivity contribution in [3.05, 3.63) is 30.0 Å². The van der Waals surface area contributed by atoms with Crippen LogP contribution in [0.5, 0.6) is 5.75 Å². The highest BCUT2D eigenvalue weighted by molar-refractivity contribution is 5.82. The second-order valence-corrected chi connectivity index (χ2v) is 5.07. The summed E-state index contributed by atoms with van der Waals surface area (Å²) in [5, 5.41) is 4.60. The van der Waals surface area contributed by atoms with Gasteiger partial charge in [0.25, 0.3) is 0 Å². The van der Waals surface area contributed by atoms with Gasteiger partial charge in [0.1, 0.15) is 5.75 Å². The second-order valence-electron chi connectivity index (χ2n) is 5.07. The zero-order valence-electron chi connectivity index (χ0n) is 11.4. The Morgan fingerprint density at radius 3 is 2.89 bits per heavy atom. The number of hydrogen-bond acceptors (Lipinski definition) is 3. The van der Waals surface area contributed by atoms with Crippen molar-refractivity contribution in [2.75, 3.05) is 39.8 Å². The molecule has 1 saturated heterocycles. The highest BCUT2D eigenvalue weighted by Crippen LogP contribution is 2.25. The Kier molecular flexibility index (Phi) is 3.71. The molecular formula is C15H21N3O. The molecule has 0 saturated carbocycles. The number of benzene rings is 1. The van der Waals surface area contributed by atoms with Crippen LogP contribution in [0.2, 0.25) is 0 Å². The van der Waals surface area contributed by atoms with Gasteiger partial charge in [-0.25, -0.2) is 0 Å². The molecule has 2 N–H and O–H groups in total. The largest absolute Gasteiger partial charge is 0.496 e. The Hall–Kier alpha value is -1.52. The van der Waals surface area contributed by atoms with E-state index in [1.807, 2.05) is 6.20 Å². The maximum Gasteiger partial charge on any atom is 0.122 e. The standard InChI is InChI=1S/C15H21N3O/c1-19-15-11-12-2-4-17-14(12)10-13(15)3-7-18-8-5-16-6-9-18/h2,4,10-11,16-17H,3,5-9H2,1H3. The number of aromatic amines is 1. The van der Waals surface area contributed by atoms with Gasteiger partial charge in [-0.15, -0.1) is 0 Å². The van der Waals surface area contributed by atoms with Crippen molar-refractivity contribution in [2.45, 2.75) is 6.42 Å². The first-order valence-corrected chi connectivity index (χ1v) is 6.94. The van der Waals surface area contributed by atoms with Gasteiger partial charge in [-0.05, 0) is 30.2 Å². The van der Waals surface area contributed by atoms with Crippen LogP contribution in [-0.2, 0) is 6.42 Å².